The number of halogens is 5. The highest BCUT2D eigenvalue weighted by Gasteiger charge is 2.39. The molecule has 0 aliphatic rings. The summed E-state index contributed by atoms with van der Waals surface area (Å²) in [5, 5.41) is 8.53. The molecule has 0 aliphatic heterocycles. The van der Waals surface area contributed by atoms with Crippen LogP contribution < -0.4 is 0 Å². The molecule has 5 nitrogen and oxygen atoms in total. The van der Waals surface area contributed by atoms with E-state index in [1.165, 1.54) is 0 Å². The summed E-state index contributed by atoms with van der Waals surface area (Å²) in [4.78, 5) is 9.51. The zero-order chi connectivity index (χ0) is 16.4. The highest BCUT2D eigenvalue weighted by molar-refractivity contribution is 9.10. The molecule has 118 valence electrons. The molecule has 1 rings (SSSR count). The Balaban J connectivity index is 3.29. The Morgan fingerprint density at radius 2 is 1.90 bits per heavy atom. The lowest BCUT2D eigenvalue weighted by molar-refractivity contribution is -0.146. The first-order valence-corrected chi connectivity index (χ1v) is 7.40. The molecule has 1 N–H and O–H groups in total. The molecule has 0 bridgehead atoms. The summed E-state index contributed by atoms with van der Waals surface area (Å²) < 4.78 is 74.5. The number of sulfonamides is 1. The number of hydrogen-bond donors (Lipinski definition) is 1. The maximum atomic E-state index is 13.6. The van der Waals surface area contributed by atoms with E-state index in [2.05, 4.69) is 15.9 Å². The monoisotopic (exact) mass is 393 g/mol. The molecule has 0 heterocycles. The Hall–Kier alpha value is -1.20. The number of carbonyl (C=O) groups is 1. The summed E-state index contributed by atoms with van der Waals surface area (Å²) >= 11 is 2.87. The zero-order valence-corrected chi connectivity index (χ0v) is 12.5. The summed E-state index contributed by atoms with van der Waals surface area (Å²) in [7, 11) is -4.94. The normalized spacial score (nSPS) is 12.7. The molecule has 0 unspecified atom stereocenters. The molecule has 1 aromatic rings. The number of benzene rings is 1. The van der Waals surface area contributed by atoms with E-state index in [9.17, 15) is 30.8 Å². The second-order valence-electron chi connectivity index (χ2n) is 3.86. The number of alkyl halides is 3. The van der Waals surface area contributed by atoms with Crippen LogP contribution in [0.3, 0.4) is 0 Å². The van der Waals surface area contributed by atoms with Crippen molar-refractivity contribution >= 4 is 31.9 Å². The Morgan fingerprint density at radius 3 is 2.33 bits per heavy atom. The molecular formula is C10H8BrF4NO4S. The van der Waals surface area contributed by atoms with Gasteiger partial charge in [-0.3, -0.25) is 4.79 Å². The van der Waals surface area contributed by atoms with Gasteiger partial charge in [-0.25, -0.2) is 12.8 Å². The summed E-state index contributed by atoms with van der Waals surface area (Å²) in [5.74, 6) is -3.08. The molecule has 0 radical (unpaired) electrons. The first-order chi connectivity index (χ1) is 9.43. The van der Waals surface area contributed by atoms with E-state index in [1.807, 2.05) is 0 Å². The van der Waals surface area contributed by atoms with E-state index in [-0.39, 0.29) is 8.78 Å². The van der Waals surface area contributed by atoms with Crippen molar-refractivity contribution in [2.45, 2.75) is 11.1 Å². The van der Waals surface area contributed by atoms with Gasteiger partial charge in [-0.05, 0) is 18.2 Å². The van der Waals surface area contributed by atoms with E-state index in [0.29, 0.717) is 0 Å². The zero-order valence-electron chi connectivity index (χ0n) is 10.1. The number of hydrogen-bond acceptors (Lipinski definition) is 3. The number of rotatable bonds is 5. The molecule has 0 amide bonds. The van der Waals surface area contributed by atoms with Crippen molar-refractivity contribution in [3.8, 4) is 0 Å². The van der Waals surface area contributed by atoms with Gasteiger partial charge in [0.15, 0.2) is 0 Å². The standard InChI is InChI=1S/C10H8BrF4NO4S/c11-6-1-2-8(7(12)3-6)21(19,20)16(4-9(17)18)5-10(13,14)15/h1-3H,4-5H2,(H,17,18). The van der Waals surface area contributed by atoms with Crippen molar-refractivity contribution in [1.82, 2.24) is 4.31 Å². The third kappa shape index (κ3) is 4.93. The predicted octanol–water partition coefficient (Wildman–Crippen LogP) is 2.23. The number of aliphatic carboxylic acids is 1. The first kappa shape index (κ1) is 17.9. The fourth-order valence-electron chi connectivity index (χ4n) is 1.40. The van der Waals surface area contributed by atoms with Crippen LogP contribution in [0.4, 0.5) is 17.6 Å². The van der Waals surface area contributed by atoms with E-state index >= 15 is 0 Å². The third-order valence-electron chi connectivity index (χ3n) is 2.18. The van der Waals surface area contributed by atoms with Gasteiger partial charge in [0.1, 0.15) is 23.8 Å². The SMILES string of the molecule is O=C(O)CN(CC(F)(F)F)S(=O)(=O)c1ccc(Br)cc1F. The average molecular weight is 394 g/mol. The first-order valence-electron chi connectivity index (χ1n) is 5.17. The number of carboxylic acids is 1. The molecule has 0 aromatic heterocycles. The van der Waals surface area contributed by atoms with Gasteiger partial charge in [-0.2, -0.15) is 17.5 Å². The van der Waals surface area contributed by atoms with Crippen LogP contribution in [0.2, 0.25) is 0 Å². The van der Waals surface area contributed by atoms with Gasteiger partial charge < -0.3 is 5.11 Å². The van der Waals surface area contributed by atoms with Crippen molar-refractivity contribution in [3.63, 3.8) is 0 Å². The van der Waals surface area contributed by atoms with Crippen molar-refractivity contribution in [2.75, 3.05) is 13.1 Å². The summed E-state index contributed by atoms with van der Waals surface area (Å²) in [6.45, 7) is -3.46. The molecule has 0 spiro atoms. The maximum Gasteiger partial charge on any atom is 0.402 e. The maximum absolute atomic E-state index is 13.6. The van der Waals surface area contributed by atoms with Gasteiger partial charge in [0.2, 0.25) is 10.0 Å². The minimum atomic E-state index is -4.96. The summed E-state index contributed by atoms with van der Waals surface area (Å²) in [5.41, 5.74) is 0. The van der Waals surface area contributed by atoms with Gasteiger partial charge in [-0.15, -0.1) is 0 Å². The molecule has 0 saturated heterocycles. The lowest BCUT2D eigenvalue weighted by atomic mass is 10.3. The molecule has 11 heteroatoms. The van der Waals surface area contributed by atoms with Crippen LogP contribution in [0.15, 0.2) is 27.6 Å². The Morgan fingerprint density at radius 1 is 1.33 bits per heavy atom. The molecule has 0 atom stereocenters. The fraction of sp³-hybridized carbons (Fsp3) is 0.300. The predicted molar refractivity (Wildman–Crippen MR) is 66.5 cm³/mol. The number of carboxylic acid groups (broad SMARTS) is 1. The molecular weight excluding hydrogens is 386 g/mol. The van der Waals surface area contributed by atoms with E-state index in [4.69, 9.17) is 5.11 Å². The molecule has 0 saturated carbocycles. The van der Waals surface area contributed by atoms with Crippen LogP contribution in [-0.4, -0.2) is 43.1 Å². The topological polar surface area (TPSA) is 74.7 Å². The van der Waals surface area contributed by atoms with Crippen molar-refractivity contribution in [3.05, 3.63) is 28.5 Å². The van der Waals surface area contributed by atoms with Gasteiger partial charge in [0.25, 0.3) is 0 Å². The van der Waals surface area contributed by atoms with Gasteiger partial charge >= 0.3 is 12.1 Å². The van der Waals surface area contributed by atoms with Crippen molar-refractivity contribution in [1.29, 1.82) is 0 Å². The van der Waals surface area contributed by atoms with Gasteiger partial charge in [-0.1, -0.05) is 15.9 Å². The highest BCUT2D eigenvalue weighted by Crippen LogP contribution is 2.25. The van der Waals surface area contributed by atoms with Crippen molar-refractivity contribution in [2.24, 2.45) is 0 Å². The van der Waals surface area contributed by atoms with Crippen LogP contribution in [0.1, 0.15) is 0 Å². The van der Waals surface area contributed by atoms with Crippen LogP contribution in [-0.2, 0) is 14.8 Å². The Kier molecular flexibility index (Phi) is 5.34. The lowest BCUT2D eigenvalue weighted by Gasteiger charge is -2.21. The quantitative estimate of drug-likeness (QED) is 0.778. The molecule has 0 aliphatic carbocycles. The van der Waals surface area contributed by atoms with E-state index < -0.39 is 46.0 Å². The van der Waals surface area contributed by atoms with Crippen LogP contribution in [0.5, 0.6) is 0 Å². The lowest BCUT2D eigenvalue weighted by Crippen LogP contribution is -2.42. The minimum absolute atomic E-state index is 0.180. The summed E-state index contributed by atoms with van der Waals surface area (Å²) in [6.07, 6.45) is -4.96. The minimum Gasteiger partial charge on any atom is -0.480 e. The van der Waals surface area contributed by atoms with E-state index in [0.717, 1.165) is 18.2 Å². The fourth-order valence-corrected chi connectivity index (χ4v) is 3.15. The van der Waals surface area contributed by atoms with Gasteiger partial charge in [0, 0.05) is 4.47 Å². The van der Waals surface area contributed by atoms with Crippen LogP contribution >= 0.6 is 15.9 Å². The second kappa shape index (κ2) is 6.28. The van der Waals surface area contributed by atoms with Crippen LogP contribution in [0, 0.1) is 5.82 Å². The Labute approximate surface area is 125 Å². The second-order valence-corrected chi connectivity index (χ2v) is 6.68. The van der Waals surface area contributed by atoms with Crippen LogP contribution in [0.25, 0.3) is 0 Å². The summed E-state index contributed by atoms with van der Waals surface area (Å²) in [6, 6.07) is 2.61. The number of nitrogens with zero attached hydrogens (tertiary/aromatic N) is 1. The molecule has 1 aromatic carbocycles. The Bertz CT molecular complexity index is 647. The van der Waals surface area contributed by atoms with Gasteiger partial charge in [0.05, 0.1) is 0 Å². The third-order valence-corrected chi connectivity index (χ3v) is 4.50. The largest absolute Gasteiger partial charge is 0.480 e. The highest BCUT2D eigenvalue weighted by atomic mass is 79.9. The smallest absolute Gasteiger partial charge is 0.402 e. The molecule has 21 heavy (non-hydrogen) atoms. The van der Waals surface area contributed by atoms with Crippen molar-refractivity contribution < 1.29 is 35.9 Å². The average Bonchev–Trinajstić information content (AvgIpc) is 2.24. The molecule has 0 fully saturated rings. The van der Waals surface area contributed by atoms with E-state index in [1.54, 1.807) is 0 Å².